The zero-order chi connectivity index (χ0) is 13.1. The van der Waals surface area contributed by atoms with Gasteiger partial charge in [0.1, 0.15) is 5.54 Å². The van der Waals surface area contributed by atoms with Crippen molar-refractivity contribution in [2.45, 2.75) is 37.6 Å². The number of nitrogens with zero attached hydrogens (tertiary/aromatic N) is 2. The maximum atomic E-state index is 12.1. The van der Waals surface area contributed by atoms with Crippen molar-refractivity contribution in [3.8, 4) is 0 Å². The average molecular weight is 261 g/mol. The number of ether oxygens (including phenoxy) is 1. The van der Waals surface area contributed by atoms with E-state index in [2.05, 4.69) is 15.3 Å². The van der Waals surface area contributed by atoms with Gasteiger partial charge in [-0.2, -0.15) is 0 Å². The number of rotatable bonds is 4. The van der Waals surface area contributed by atoms with Gasteiger partial charge in [0, 0.05) is 44.9 Å². The summed E-state index contributed by atoms with van der Waals surface area (Å²) in [4.78, 5) is 20.8. The third-order valence-corrected chi connectivity index (χ3v) is 3.89. The van der Waals surface area contributed by atoms with Gasteiger partial charge in [0.05, 0.1) is 0 Å². The molecule has 5 nitrogen and oxygen atoms in total. The Morgan fingerprint density at radius 2 is 2.00 bits per heavy atom. The van der Waals surface area contributed by atoms with Crippen LogP contribution >= 0.6 is 0 Å². The van der Waals surface area contributed by atoms with E-state index in [1.807, 2.05) is 0 Å². The zero-order valence-corrected chi connectivity index (χ0v) is 11.0. The van der Waals surface area contributed by atoms with Crippen molar-refractivity contribution < 1.29 is 9.53 Å². The summed E-state index contributed by atoms with van der Waals surface area (Å²) >= 11 is 0. The predicted molar refractivity (Wildman–Crippen MR) is 69.2 cm³/mol. The van der Waals surface area contributed by atoms with Crippen LogP contribution in [0.1, 0.15) is 37.9 Å². The normalized spacial score (nSPS) is 21.9. The van der Waals surface area contributed by atoms with Crippen LogP contribution in [0.5, 0.6) is 0 Å². The molecule has 0 bridgehead atoms. The highest BCUT2D eigenvalue weighted by molar-refractivity contribution is 5.77. The van der Waals surface area contributed by atoms with Crippen LogP contribution in [0, 0.1) is 5.92 Å². The van der Waals surface area contributed by atoms with E-state index in [9.17, 15) is 4.79 Å². The molecule has 2 fully saturated rings. The van der Waals surface area contributed by atoms with Gasteiger partial charge in [-0.1, -0.05) is 0 Å². The lowest BCUT2D eigenvalue weighted by atomic mass is 9.88. The molecule has 1 amide bonds. The summed E-state index contributed by atoms with van der Waals surface area (Å²) in [5.41, 5.74) is -0.439. The molecule has 1 aliphatic heterocycles. The summed E-state index contributed by atoms with van der Waals surface area (Å²) in [6, 6.07) is 1.79. The lowest BCUT2D eigenvalue weighted by Gasteiger charge is -2.36. The fraction of sp³-hybridized carbons (Fsp3) is 0.643. The molecule has 1 aromatic rings. The van der Waals surface area contributed by atoms with Gasteiger partial charge in [0.15, 0.2) is 5.82 Å². The minimum absolute atomic E-state index is 0.122. The van der Waals surface area contributed by atoms with Crippen molar-refractivity contribution in [2.75, 3.05) is 13.2 Å². The largest absolute Gasteiger partial charge is 0.381 e. The highest BCUT2D eigenvalue weighted by Crippen LogP contribution is 2.34. The first-order chi connectivity index (χ1) is 9.28. The van der Waals surface area contributed by atoms with E-state index in [4.69, 9.17) is 4.74 Å². The molecule has 1 saturated carbocycles. The summed E-state index contributed by atoms with van der Waals surface area (Å²) in [5.74, 6) is 1.42. The van der Waals surface area contributed by atoms with Crippen LogP contribution in [0.25, 0.3) is 0 Å². The standard InChI is InChI=1S/C14H19N3O2/c18-12(10-11-2-3-11)17-14(4-8-19-9-5-14)13-15-6-1-7-16-13/h1,6-7,11H,2-5,8-10H2,(H,17,18). The van der Waals surface area contributed by atoms with Gasteiger partial charge in [-0.15, -0.1) is 0 Å². The molecule has 19 heavy (non-hydrogen) atoms. The molecule has 1 aromatic heterocycles. The second-order valence-corrected chi connectivity index (χ2v) is 5.46. The third kappa shape index (κ3) is 2.92. The topological polar surface area (TPSA) is 64.1 Å². The quantitative estimate of drug-likeness (QED) is 0.889. The first kappa shape index (κ1) is 12.5. The molecule has 0 radical (unpaired) electrons. The van der Waals surface area contributed by atoms with Crippen molar-refractivity contribution in [3.05, 3.63) is 24.3 Å². The van der Waals surface area contributed by atoms with Crippen LogP contribution in [-0.2, 0) is 15.1 Å². The Hall–Kier alpha value is -1.49. The SMILES string of the molecule is O=C(CC1CC1)NC1(c2ncccn2)CCOCC1. The summed E-state index contributed by atoms with van der Waals surface area (Å²) in [6.45, 7) is 1.28. The minimum Gasteiger partial charge on any atom is -0.381 e. The summed E-state index contributed by atoms with van der Waals surface area (Å²) in [6.07, 6.45) is 7.95. The van der Waals surface area contributed by atoms with E-state index in [0.29, 0.717) is 31.4 Å². The number of amides is 1. The van der Waals surface area contributed by atoms with Gasteiger partial charge in [-0.3, -0.25) is 4.79 Å². The van der Waals surface area contributed by atoms with Crippen LogP contribution in [0.2, 0.25) is 0 Å². The van der Waals surface area contributed by atoms with Crippen LogP contribution < -0.4 is 5.32 Å². The maximum absolute atomic E-state index is 12.1. The van der Waals surface area contributed by atoms with Gasteiger partial charge in [0.2, 0.25) is 5.91 Å². The minimum atomic E-state index is -0.439. The number of carbonyl (C=O) groups is 1. The van der Waals surface area contributed by atoms with E-state index < -0.39 is 5.54 Å². The monoisotopic (exact) mass is 261 g/mol. The molecule has 2 heterocycles. The van der Waals surface area contributed by atoms with Gasteiger partial charge in [0.25, 0.3) is 0 Å². The lowest BCUT2D eigenvalue weighted by Crippen LogP contribution is -2.50. The second-order valence-electron chi connectivity index (χ2n) is 5.46. The predicted octanol–water partition coefficient (Wildman–Crippen LogP) is 1.40. The van der Waals surface area contributed by atoms with E-state index in [-0.39, 0.29) is 5.91 Å². The molecule has 1 aliphatic carbocycles. The first-order valence-electron chi connectivity index (χ1n) is 6.95. The molecule has 0 aromatic carbocycles. The van der Waals surface area contributed by atoms with Crippen molar-refractivity contribution in [1.82, 2.24) is 15.3 Å². The Morgan fingerprint density at radius 1 is 1.32 bits per heavy atom. The molecule has 1 saturated heterocycles. The molecule has 1 N–H and O–H groups in total. The lowest BCUT2D eigenvalue weighted by molar-refractivity contribution is -0.125. The molecule has 5 heteroatoms. The molecular weight excluding hydrogens is 242 g/mol. The number of carbonyl (C=O) groups excluding carboxylic acids is 1. The van der Waals surface area contributed by atoms with Gasteiger partial charge in [-0.25, -0.2) is 9.97 Å². The van der Waals surface area contributed by atoms with Gasteiger partial charge >= 0.3 is 0 Å². The Labute approximate surface area is 112 Å². The molecule has 0 unspecified atom stereocenters. The van der Waals surface area contributed by atoms with Gasteiger partial charge in [-0.05, 0) is 24.8 Å². The zero-order valence-electron chi connectivity index (χ0n) is 11.0. The molecule has 0 spiro atoms. The Kier molecular flexibility index (Phi) is 3.46. The molecule has 0 atom stereocenters. The van der Waals surface area contributed by atoms with Crippen LogP contribution in [0.3, 0.4) is 0 Å². The number of nitrogens with one attached hydrogen (secondary N) is 1. The van der Waals surface area contributed by atoms with E-state index in [1.165, 1.54) is 12.8 Å². The average Bonchev–Trinajstić information content (AvgIpc) is 3.24. The third-order valence-electron chi connectivity index (χ3n) is 3.89. The summed E-state index contributed by atoms with van der Waals surface area (Å²) < 4.78 is 5.41. The fourth-order valence-corrected chi connectivity index (χ4v) is 2.57. The van der Waals surface area contributed by atoms with E-state index >= 15 is 0 Å². The van der Waals surface area contributed by atoms with Crippen LogP contribution in [0.4, 0.5) is 0 Å². The maximum Gasteiger partial charge on any atom is 0.221 e. The van der Waals surface area contributed by atoms with Gasteiger partial charge < -0.3 is 10.1 Å². The number of aromatic nitrogens is 2. The smallest absolute Gasteiger partial charge is 0.221 e. The van der Waals surface area contributed by atoms with Crippen molar-refractivity contribution in [1.29, 1.82) is 0 Å². The Morgan fingerprint density at radius 3 is 2.63 bits per heavy atom. The molecule has 2 aliphatic rings. The number of hydrogen-bond acceptors (Lipinski definition) is 4. The van der Waals surface area contributed by atoms with Crippen LogP contribution in [0.15, 0.2) is 18.5 Å². The second kappa shape index (κ2) is 5.25. The fourth-order valence-electron chi connectivity index (χ4n) is 2.57. The Balaban J connectivity index is 1.77. The molecular formula is C14H19N3O2. The molecule has 102 valence electrons. The van der Waals surface area contributed by atoms with Crippen molar-refractivity contribution in [3.63, 3.8) is 0 Å². The first-order valence-corrected chi connectivity index (χ1v) is 6.95. The van der Waals surface area contributed by atoms with E-state index in [1.54, 1.807) is 18.5 Å². The van der Waals surface area contributed by atoms with Crippen molar-refractivity contribution in [2.24, 2.45) is 5.92 Å². The van der Waals surface area contributed by atoms with Crippen LogP contribution in [-0.4, -0.2) is 29.1 Å². The van der Waals surface area contributed by atoms with Crippen molar-refractivity contribution >= 4 is 5.91 Å². The summed E-state index contributed by atoms with van der Waals surface area (Å²) in [7, 11) is 0. The highest BCUT2D eigenvalue weighted by atomic mass is 16.5. The Bertz CT molecular complexity index is 439. The number of hydrogen-bond donors (Lipinski definition) is 1. The summed E-state index contributed by atoms with van der Waals surface area (Å²) in [5, 5.41) is 3.18. The molecule has 3 rings (SSSR count). The highest BCUT2D eigenvalue weighted by Gasteiger charge is 2.39. The van der Waals surface area contributed by atoms with E-state index in [0.717, 1.165) is 12.8 Å².